The molecule has 0 saturated carbocycles. The van der Waals surface area contributed by atoms with Crippen molar-refractivity contribution in [2.24, 2.45) is 0 Å². The molecule has 8 nitrogen and oxygen atoms in total. The molecule has 0 aromatic heterocycles. The van der Waals surface area contributed by atoms with Crippen molar-refractivity contribution in [2.45, 2.75) is 6.54 Å². The lowest BCUT2D eigenvalue weighted by molar-refractivity contribution is -0.124. The van der Waals surface area contributed by atoms with E-state index in [0.29, 0.717) is 23.0 Å². The monoisotopic (exact) mass is 373 g/mol. The molecule has 0 unspecified atom stereocenters. The molecular formula is C19H19NO7. The van der Waals surface area contributed by atoms with Crippen molar-refractivity contribution in [2.75, 3.05) is 27.6 Å². The maximum atomic E-state index is 12.3. The second-order valence-corrected chi connectivity index (χ2v) is 5.58. The van der Waals surface area contributed by atoms with Crippen LogP contribution in [0.1, 0.15) is 15.9 Å². The smallest absolute Gasteiger partial charge is 0.346 e. The highest BCUT2D eigenvalue weighted by Crippen LogP contribution is 2.32. The van der Waals surface area contributed by atoms with Crippen LogP contribution < -0.4 is 24.3 Å². The van der Waals surface area contributed by atoms with Crippen molar-refractivity contribution < 1.29 is 33.3 Å². The minimum Gasteiger partial charge on any atom is -0.496 e. The van der Waals surface area contributed by atoms with E-state index in [1.54, 1.807) is 30.3 Å². The summed E-state index contributed by atoms with van der Waals surface area (Å²) in [6, 6.07) is 10.3. The van der Waals surface area contributed by atoms with E-state index in [4.69, 9.17) is 23.7 Å². The minimum absolute atomic E-state index is 0.131. The van der Waals surface area contributed by atoms with E-state index < -0.39 is 18.5 Å². The summed E-state index contributed by atoms with van der Waals surface area (Å²) in [5, 5.41) is 2.68. The van der Waals surface area contributed by atoms with Crippen molar-refractivity contribution in [1.82, 2.24) is 5.32 Å². The first-order valence-corrected chi connectivity index (χ1v) is 8.15. The van der Waals surface area contributed by atoms with Crippen molar-refractivity contribution in [3.05, 3.63) is 47.5 Å². The molecule has 0 bridgehead atoms. The zero-order valence-electron chi connectivity index (χ0n) is 14.9. The molecule has 2 aromatic rings. The minimum atomic E-state index is -0.706. The van der Waals surface area contributed by atoms with Gasteiger partial charge in [0.25, 0.3) is 5.91 Å². The summed E-state index contributed by atoms with van der Waals surface area (Å²) >= 11 is 0. The normalized spacial score (nSPS) is 11.6. The zero-order valence-corrected chi connectivity index (χ0v) is 14.9. The molecule has 0 fully saturated rings. The van der Waals surface area contributed by atoms with E-state index in [-0.39, 0.29) is 18.9 Å². The van der Waals surface area contributed by atoms with Crippen molar-refractivity contribution in [1.29, 1.82) is 0 Å². The first-order valence-electron chi connectivity index (χ1n) is 8.15. The highest BCUT2D eigenvalue weighted by atomic mass is 16.7. The highest BCUT2D eigenvalue weighted by Gasteiger charge is 2.20. The van der Waals surface area contributed by atoms with Crippen molar-refractivity contribution >= 4 is 11.9 Å². The quantitative estimate of drug-likeness (QED) is 0.741. The lowest BCUT2D eigenvalue weighted by atomic mass is 10.2. The summed E-state index contributed by atoms with van der Waals surface area (Å²) in [7, 11) is 2.87. The average Bonchev–Trinajstić information content (AvgIpc) is 3.17. The first kappa shape index (κ1) is 18.4. The fourth-order valence-electron chi connectivity index (χ4n) is 2.56. The van der Waals surface area contributed by atoms with Crippen LogP contribution in [0.15, 0.2) is 36.4 Å². The number of fused-ring (bicyclic) bond motifs is 1. The summed E-state index contributed by atoms with van der Waals surface area (Å²) < 4.78 is 25.9. The van der Waals surface area contributed by atoms with Gasteiger partial charge in [-0.15, -0.1) is 0 Å². The average molecular weight is 373 g/mol. The number of nitrogens with one attached hydrogen (secondary N) is 1. The van der Waals surface area contributed by atoms with Crippen LogP contribution in [0.2, 0.25) is 0 Å². The molecule has 1 heterocycles. The predicted molar refractivity (Wildman–Crippen MR) is 94.2 cm³/mol. The Bertz CT molecular complexity index is 828. The predicted octanol–water partition coefficient (Wildman–Crippen LogP) is 1.91. The molecule has 0 spiro atoms. The van der Waals surface area contributed by atoms with Gasteiger partial charge in [-0.3, -0.25) is 4.79 Å². The molecule has 1 amide bonds. The highest BCUT2D eigenvalue weighted by molar-refractivity contribution is 5.96. The molecule has 1 N–H and O–H groups in total. The zero-order chi connectivity index (χ0) is 19.2. The Balaban J connectivity index is 1.54. The van der Waals surface area contributed by atoms with Gasteiger partial charge in [-0.05, 0) is 29.8 Å². The van der Waals surface area contributed by atoms with Crippen molar-refractivity contribution in [3.8, 4) is 23.0 Å². The molecule has 0 saturated heterocycles. The molecule has 3 rings (SSSR count). The van der Waals surface area contributed by atoms with E-state index in [1.165, 1.54) is 14.2 Å². The molecule has 0 atom stereocenters. The Morgan fingerprint density at radius 2 is 1.74 bits per heavy atom. The first-order chi connectivity index (χ1) is 13.1. The fraction of sp³-hybridized carbons (Fsp3) is 0.263. The van der Waals surface area contributed by atoms with Gasteiger partial charge >= 0.3 is 5.97 Å². The van der Waals surface area contributed by atoms with Crippen LogP contribution in [-0.2, 0) is 16.1 Å². The van der Waals surface area contributed by atoms with E-state index >= 15 is 0 Å². The third-order valence-electron chi connectivity index (χ3n) is 3.89. The number of ether oxygens (including phenoxy) is 5. The Labute approximate surface area is 155 Å². The second-order valence-electron chi connectivity index (χ2n) is 5.58. The molecule has 0 aliphatic carbocycles. The summed E-state index contributed by atoms with van der Waals surface area (Å²) in [6.07, 6.45) is 0. The number of hydrogen-bond acceptors (Lipinski definition) is 7. The van der Waals surface area contributed by atoms with E-state index in [0.717, 1.165) is 5.56 Å². The fourth-order valence-corrected chi connectivity index (χ4v) is 2.56. The molecule has 142 valence electrons. The number of carbonyl (C=O) groups is 2. The van der Waals surface area contributed by atoms with Crippen LogP contribution in [0, 0.1) is 0 Å². The summed E-state index contributed by atoms with van der Waals surface area (Å²) in [5.41, 5.74) is 0.969. The molecule has 8 heteroatoms. The van der Waals surface area contributed by atoms with E-state index in [9.17, 15) is 9.59 Å². The lowest BCUT2D eigenvalue weighted by Crippen LogP contribution is -2.28. The van der Waals surface area contributed by atoms with Crippen molar-refractivity contribution in [3.63, 3.8) is 0 Å². The summed E-state index contributed by atoms with van der Waals surface area (Å²) in [5.74, 6) is 0.777. The number of rotatable bonds is 7. The molecule has 1 aliphatic rings. The number of esters is 1. The van der Waals surface area contributed by atoms with Gasteiger partial charge in [0.2, 0.25) is 6.79 Å². The topological polar surface area (TPSA) is 92.3 Å². The van der Waals surface area contributed by atoms with Gasteiger partial charge in [0.05, 0.1) is 14.2 Å². The second kappa shape index (κ2) is 8.31. The van der Waals surface area contributed by atoms with Gasteiger partial charge in [-0.25, -0.2) is 4.79 Å². The van der Waals surface area contributed by atoms with Crippen LogP contribution in [0.25, 0.3) is 0 Å². The molecule has 2 aromatic carbocycles. The number of benzene rings is 2. The third kappa shape index (κ3) is 4.22. The van der Waals surface area contributed by atoms with Crippen LogP contribution in [0.5, 0.6) is 23.0 Å². The van der Waals surface area contributed by atoms with E-state index in [2.05, 4.69) is 5.32 Å². The molecule has 27 heavy (non-hydrogen) atoms. The van der Waals surface area contributed by atoms with Gasteiger partial charge in [0.15, 0.2) is 18.1 Å². The van der Waals surface area contributed by atoms with Gasteiger partial charge in [0.1, 0.15) is 17.1 Å². The summed E-state index contributed by atoms with van der Waals surface area (Å²) in [6.45, 7) is 0.0309. The third-order valence-corrected chi connectivity index (χ3v) is 3.89. The van der Waals surface area contributed by atoms with Gasteiger partial charge in [-0.1, -0.05) is 12.1 Å². The maximum absolute atomic E-state index is 12.3. The van der Waals surface area contributed by atoms with E-state index in [1.807, 2.05) is 6.07 Å². The summed E-state index contributed by atoms with van der Waals surface area (Å²) in [4.78, 5) is 24.3. The largest absolute Gasteiger partial charge is 0.496 e. The number of methoxy groups -OCH3 is 2. The number of amides is 1. The van der Waals surface area contributed by atoms with Crippen LogP contribution in [0.3, 0.4) is 0 Å². The van der Waals surface area contributed by atoms with Gasteiger partial charge in [-0.2, -0.15) is 0 Å². The maximum Gasteiger partial charge on any atom is 0.346 e. The number of hydrogen-bond donors (Lipinski definition) is 1. The van der Waals surface area contributed by atoms with Gasteiger partial charge in [0, 0.05) is 6.54 Å². The molecule has 0 radical (unpaired) electrons. The standard InChI is InChI=1S/C19H19NO7/c1-23-14-4-3-5-15(24-2)18(14)19(22)25-10-17(21)20-9-12-6-7-13-16(8-12)27-11-26-13/h3-8H,9-11H2,1-2H3,(H,20,21). The van der Waals surface area contributed by atoms with Gasteiger partial charge < -0.3 is 29.0 Å². The SMILES string of the molecule is COc1cccc(OC)c1C(=O)OCC(=O)NCc1ccc2c(c1)OCO2. The number of carbonyl (C=O) groups excluding carboxylic acids is 2. The van der Waals surface area contributed by atoms with Crippen LogP contribution in [0.4, 0.5) is 0 Å². The Hall–Kier alpha value is -3.42. The van der Waals surface area contributed by atoms with Crippen LogP contribution >= 0.6 is 0 Å². The molecule has 1 aliphatic heterocycles. The lowest BCUT2D eigenvalue weighted by Gasteiger charge is -2.12. The Morgan fingerprint density at radius 1 is 1.04 bits per heavy atom. The van der Waals surface area contributed by atoms with Crippen LogP contribution in [-0.4, -0.2) is 39.5 Å². The molecular weight excluding hydrogens is 354 g/mol. The Morgan fingerprint density at radius 3 is 2.44 bits per heavy atom. The Kier molecular flexibility index (Phi) is 5.65.